The van der Waals surface area contributed by atoms with Crippen molar-refractivity contribution >= 4 is 18.3 Å². The number of hydrogen-bond donors (Lipinski definition) is 1. The maximum atomic E-state index is 12.4. The normalized spacial score (nSPS) is 18.6. The second-order valence-corrected chi connectivity index (χ2v) is 6.65. The molecule has 144 valence electrons. The monoisotopic (exact) mass is 375 g/mol. The maximum Gasteiger partial charge on any atom is 0.240 e. The number of aromatic nitrogens is 2. The van der Waals surface area contributed by atoms with Crippen molar-refractivity contribution in [1.29, 1.82) is 0 Å². The third-order valence-corrected chi connectivity index (χ3v) is 4.46. The van der Waals surface area contributed by atoms with Crippen molar-refractivity contribution in [2.24, 2.45) is 11.7 Å². The molecule has 0 radical (unpaired) electrons. The Kier molecular flexibility index (Phi) is 8.78. The van der Waals surface area contributed by atoms with Gasteiger partial charge in [0.2, 0.25) is 11.8 Å². The predicted octanol–water partition coefficient (Wildman–Crippen LogP) is 1.22. The first-order chi connectivity index (χ1) is 11.4. The Morgan fingerprint density at radius 2 is 2.00 bits per heavy atom. The zero-order chi connectivity index (χ0) is 17.7. The van der Waals surface area contributed by atoms with Crippen molar-refractivity contribution in [3.05, 3.63) is 11.7 Å². The van der Waals surface area contributed by atoms with Gasteiger partial charge in [0.15, 0.2) is 5.82 Å². The number of nitrogens with zero attached hydrogens (tertiary/aromatic N) is 4. The summed E-state index contributed by atoms with van der Waals surface area (Å²) < 4.78 is 10.5. The van der Waals surface area contributed by atoms with E-state index in [4.69, 9.17) is 15.0 Å². The molecule has 2 rings (SSSR count). The van der Waals surface area contributed by atoms with E-state index in [1.807, 2.05) is 25.7 Å². The lowest BCUT2D eigenvalue weighted by Crippen LogP contribution is -2.47. The molecular weight excluding hydrogens is 346 g/mol. The predicted molar refractivity (Wildman–Crippen MR) is 96.3 cm³/mol. The maximum absolute atomic E-state index is 12.4. The Morgan fingerprint density at radius 3 is 2.64 bits per heavy atom. The summed E-state index contributed by atoms with van der Waals surface area (Å²) in [6, 6.07) is -0.425. The van der Waals surface area contributed by atoms with Crippen LogP contribution < -0.4 is 5.73 Å². The average Bonchev–Trinajstić information content (AvgIpc) is 2.91. The summed E-state index contributed by atoms with van der Waals surface area (Å²) in [7, 11) is 1.61. The van der Waals surface area contributed by atoms with Crippen LogP contribution in [0.2, 0.25) is 0 Å². The van der Waals surface area contributed by atoms with Crippen molar-refractivity contribution in [2.75, 3.05) is 33.3 Å². The first-order valence-corrected chi connectivity index (χ1v) is 8.54. The topological polar surface area (TPSA) is 97.7 Å². The van der Waals surface area contributed by atoms with Crippen LogP contribution >= 0.6 is 12.4 Å². The van der Waals surface area contributed by atoms with Gasteiger partial charge >= 0.3 is 0 Å². The highest BCUT2D eigenvalue weighted by molar-refractivity contribution is 5.85. The van der Waals surface area contributed by atoms with E-state index in [1.54, 1.807) is 7.11 Å². The molecule has 9 heteroatoms. The highest BCUT2D eigenvalue weighted by Crippen LogP contribution is 2.14. The van der Waals surface area contributed by atoms with Gasteiger partial charge in [-0.3, -0.25) is 9.69 Å². The van der Waals surface area contributed by atoms with Crippen LogP contribution in [-0.2, 0) is 16.1 Å². The Balaban J connectivity index is 0.00000312. The van der Waals surface area contributed by atoms with Gasteiger partial charge in [-0.2, -0.15) is 4.98 Å². The van der Waals surface area contributed by atoms with E-state index in [0.717, 1.165) is 26.1 Å². The van der Waals surface area contributed by atoms with Crippen molar-refractivity contribution in [2.45, 2.75) is 45.9 Å². The first kappa shape index (κ1) is 21.8. The minimum absolute atomic E-state index is 0. The minimum atomic E-state index is -0.425. The average molecular weight is 376 g/mol. The summed E-state index contributed by atoms with van der Waals surface area (Å²) in [5, 5.41) is 3.94. The summed E-state index contributed by atoms with van der Waals surface area (Å²) in [4.78, 5) is 20.9. The van der Waals surface area contributed by atoms with E-state index in [0.29, 0.717) is 24.8 Å². The molecule has 1 aromatic heterocycles. The number of carbonyl (C=O) groups is 1. The fraction of sp³-hybridized carbons (Fsp3) is 0.812. The number of rotatable bonds is 6. The van der Waals surface area contributed by atoms with Gasteiger partial charge in [-0.1, -0.05) is 19.0 Å². The Hall–Kier alpha value is -1.22. The fourth-order valence-electron chi connectivity index (χ4n) is 2.64. The van der Waals surface area contributed by atoms with E-state index in [2.05, 4.69) is 15.0 Å². The number of carbonyl (C=O) groups excluding carboxylic acids is 1. The van der Waals surface area contributed by atoms with Gasteiger partial charge in [-0.15, -0.1) is 12.4 Å². The van der Waals surface area contributed by atoms with Crippen molar-refractivity contribution in [3.63, 3.8) is 0 Å². The molecule has 2 heterocycles. The molecule has 1 aromatic rings. The highest BCUT2D eigenvalue weighted by Gasteiger charge is 2.26. The SMILES string of the molecule is COC(C)c1noc(CN2CCCN(C(=O)[C@@H](N)C(C)C)CC2)n1.Cl. The molecule has 2 atom stereocenters. The number of halogens is 1. The van der Waals surface area contributed by atoms with E-state index >= 15 is 0 Å². The number of methoxy groups -OCH3 is 1. The Morgan fingerprint density at radius 1 is 1.28 bits per heavy atom. The van der Waals surface area contributed by atoms with Crippen LogP contribution in [0.25, 0.3) is 0 Å². The van der Waals surface area contributed by atoms with E-state index < -0.39 is 6.04 Å². The van der Waals surface area contributed by atoms with Gasteiger partial charge in [0, 0.05) is 33.3 Å². The molecule has 0 aliphatic carbocycles. The third-order valence-electron chi connectivity index (χ3n) is 4.46. The molecule has 1 amide bonds. The zero-order valence-corrected chi connectivity index (χ0v) is 16.3. The molecule has 1 aliphatic heterocycles. The largest absolute Gasteiger partial charge is 0.374 e. The van der Waals surface area contributed by atoms with Crippen LogP contribution in [0, 0.1) is 5.92 Å². The number of hydrogen-bond acceptors (Lipinski definition) is 7. The quantitative estimate of drug-likeness (QED) is 0.798. The second kappa shape index (κ2) is 10.1. The van der Waals surface area contributed by atoms with Gasteiger partial charge in [0.1, 0.15) is 6.10 Å². The van der Waals surface area contributed by atoms with Crippen LogP contribution in [0.5, 0.6) is 0 Å². The summed E-state index contributed by atoms with van der Waals surface area (Å²) in [6.45, 7) is 9.48. The molecule has 1 aliphatic rings. The van der Waals surface area contributed by atoms with Gasteiger partial charge in [0.05, 0.1) is 12.6 Å². The molecule has 1 fully saturated rings. The van der Waals surface area contributed by atoms with Crippen LogP contribution in [0.15, 0.2) is 4.52 Å². The molecule has 0 spiro atoms. The molecule has 1 unspecified atom stereocenters. The molecular formula is C16H30ClN5O3. The number of amides is 1. The van der Waals surface area contributed by atoms with Crippen molar-refractivity contribution < 1.29 is 14.1 Å². The van der Waals surface area contributed by atoms with Crippen molar-refractivity contribution in [1.82, 2.24) is 19.9 Å². The van der Waals surface area contributed by atoms with Crippen LogP contribution in [0.4, 0.5) is 0 Å². The first-order valence-electron chi connectivity index (χ1n) is 8.54. The summed E-state index contributed by atoms with van der Waals surface area (Å²) >= 11 is 0. The Labute approximate surface area is 155 Å². The summed E-state index contributed by atoms with van der Waals surface area (Å²) in [5.41, 5.74) is 5.99. The van der Waals surface area contributed by atoms with E-state index in [1.165, 1.54) is 0 Å². The summed E-state index contributed by atoms with van der Waals surface area (Å²) in [5.74, 6) is 1.33. The molecule has 0 bridgehead atoms. The molecule has 25 heavy (non-hydrogen) atoms. The molecule has 2 N–H and O–H groups in total. The van der Waals surface area contributed by atoms with Crippen LogP contribution in [0.1, 0.15) is 45.0 Å². The van der Waals surface area contributed by atoms with Gasteiger partial charge in [-0.25, -0.2) is 0 Å². The minimum Gasteiger partial charge on any atom is -0.374 e. The molecule has 0 aromatic carbocycles. The summed E-state index contributed by atoms with van der Waals surface area (Å²) in [6.07, 6.45) is 0.726. The number of ether oxygens (including phenoxy) is 1. The lowest BCUT2D eigenvalue weighted by molar-refractivity contribution is -0.133. The van der Waals surface area contributed by atoms with Gasteiger partial charge < -0.3 is 19.9 Å². The zero-order valence-electron chi connectivity index (χ0n) is 15.5. The van der Waals surface area contributed by atoms with E-state index in [-0.39, 0.29) is 30.3 Å². The molecule has 1 saturated heterocycles. The van der Waals surface area contributed by atoms with Gasteiger partial charge in [0.25, 0.3) is 0 Å². The smallest absolute Gasteiger partial charge is 0.240 e. The molecule has 0 saturated carbocycles. The second-order valence-electron chi connectivity index (χ2n) is 6.65. The van der Waals surface area contributed by atoms with Crippen molar-refractivity contribution in [3.8, 4) is 0 Å². The molecule has 8 nitrogen and oxygen atoms in total. The van der Waals surface area contributed by atoms with Crippen LogP contribution in [-0.4, -0.2) is 65.2 Å². The fourth-order valence-corrected chi connectivity index (χ4v) is 2.64. The Bertz CT molecular complexity index is 540. The highest BCUT2D eigenvalue weighted by atomic mass is 35.5. The van der Waals surface area contributed by atoms with Gasteiger partial charge in [-0.05, 0) is 19.3 Å². The lowest BCUT2D eigenvalue weighted by Gasteiger charge is -2.26. The van der Waals surface area contributed by atoms with Crippen LogP contribution in [0.3, 0.4) is 0 Å². The third kappa shape index (κ3) is 5.91. The van der Waals surface area contributed by atoms with E-state index in [9.17, 15) is 4.79 Å². The number of nitrogens with two attached hydrogens (primary N) is 1. The standard InChI is InChI=1S/C16H29N5O3.ClH/c1-11(2)14(17)16(22)21-7-5-6-20(8-9-21)10-13-18-15(19-24-13)12(3)23-4;/h11-12,14H,5-10,17H2,1-4H3;1H/t12?,14-;/m0./s1. The lowest BCUT2D eigenvalue weighted by atomic mass is 10.0.